The first-order chi connectivity index (χ1) is 5.97. The van der Waals surface area contributed by atoms with Crippen LogP contribution in [0.15, 0.2) is 12.3 Å². The van der Waals surface area contributed by atoms with E-state index in [1.807, 2.05) is 6.92 Å². The Bertz CT molecular complexity index is 187. The summed E-state index contributed by atoms with van der Waals surface area (Å²) >= 11 is 5.06. The molecule has 13 heavy (non-hydrogen) atoms. The SMILES string of the molecule is C=C(CN(C)C(C)C)NC(=S)CC. The van der Waals surface area contributed by atoms with Crippen molar-refractivity contribution in [1.29, 1.82) is 0 Å². The van der Waals surface area contributed by atoms with E-state index in [2.05, 4.69) is 37.7 Å². The van der Waals surface area contributed by atoms with Gasteiger partial charge in [-0.1, -0.05) is 25.7 Å². The lowest BCUT2D eigenvalue weighted by molar-refractivity contribution is 0.294. The van der Waals surface area contributed by atoms with Crippen molar-refractivity contribution in [3.8, 4) is 0 Å². The number of rotatable bonds is 5. The average Bonchev–Trinajstić information content (AvgIpc) is 2.03. The fourth-order valence-electron chi connectivity index (χ4n) is 0.809. The van der Waals surface area contributed by atoms with Crippen molar-refractivity contribution in [2.24, 2.45) is 0 Å². The molecule has 0 rings (SSSR count). The van der Waals surface area contributed by atoms with E-state index in [-0.39, 0.29) is 0 Å². The highest BCUT2D eigenvalue weighted by Gasteiger charge is 2.04. The molecule has 0 spiro atoms. The minimum absolute atomic E-state index is 0.536. The van der Waals surface area contributed by atoms with Crippen molar-refractivity contribution in [2.45, 2.75) is 33.2 Å². The molecule has 0 aliphatic heterocycles. The van der Waals surface area contributed by atoms with Gasteiger partial charge in [0.25, 0.3) is 0 Å². The second-order valence-corrected chi connectivity index (χ2v) is 4.01. The fraction of sp³-hybridized carbons (Fsp3) is 0.700. The summed E-state index contributed by atoms with van der Waals surface area (Å²) in [6.07, 6.45) is 0.875. The van der Waals surface area contributed by atoms with E-state index in [4.69, 9.17) is 12.2 Å². The highest BCUT2D eigenvalue weighted by molar-refractivity contribution is 7.80. The van der Waals surface area contributed by atoms with Gasteiger partial charge in [-0.3, -0.25) is 4.90 Å². The van der Waals surface area contributed by atoms with Crippen LogP contribution >= 0.6 is 12.2 Å². The van der Waals surface area contributed by atoms with Gasteiger partial charge >= 0.3 is 0 Å². The predicted molar refractivity (Wildman–Crippen MR) is 62.9 cm³/mol. The number of thiocarbonyl (C=S) groups is 1. The predicted octanol–water partition coefficient (Wildman–Crippen LogP) is 2.17. The molecule has 0 aromatic heterocycles. The van der Waals surface area contributed by atoms with Gasteiger partial charge in [0, 0.05) is 18.3 Å². The van der Waals surface area contributed by atoms with Crippen LogP contribution in [-0.2, 0) is 0 Å². The highest BCUT2D eigenvalue weighted by Crippen LogP contribution is 1.97. The Balaban J connectivity index is 3.81. The van der Waals surface area contributed by atoms with Crippen LogP contribution in [0.3, 0.4) is 0 Å². The highest BCUT2D eigenvalue weighted by atomic mass is 32.1. The minimum atomic E-state index is 0.536. The first kappa shape index (κ1) is 12.6. The normalized spacial score (nSPS) is 10.6. The van der Waals surface area contributed by atoms with Gasteiger partial charge < -0.3 is 5.32 Å². The molecular formula is C10H20N2S. The Morgan fingerprint density at radius 1 is 1.54 bits per heavy atom. The molecule has 0 aromatic carbocycles. The zero-order chi connectivity index (χ0) is 10.4. The lowest BCUT2D eigenvalue weighted by atomic mass is 10.3. The Kier molecular flexibility index (Phi) is 5.91. The molecule has 2 nitrogen and oxygen atoms in total. The van der Waals surface area contributed by atoms with Gasteiger partial charge in [0.2, 0.25) is 0 Å². The molecule has 0 aromatic rings. The lowest BCUT2D eigenvalue weighted by Gasteiger charge is -2.22. The van der Waals surface area contributed by atoms with Gasteiger partial charge in [0.1, 0.15) is 0 Å². The fourth-order valence-corrected chi connectivity index (χ4v) is 0.953. The van der Waals surface area contributed by atoms with E-state index in [0.29, 0.717) is 6.04 Å². The van der Waals surface area contributed by atoms with Gasteiger partial charge in [-0.05, 0) is 27.3 Å². The molecular weight excluding hydrogens is 180 g/mol. The Labute approximate surface area is 87.0 Å². The van der Waals surface area contributed by atoms with Crippen molar-refractivity contribution in [2.75, 3.05) is 13.6 Å². The number of hydrogen-bond donors (Lipinski definition) is 1. The van der Waals surface area contributed by atoms with Crippen LogP contribution in [0.4, 0.5) is 0 Å². The summed E-state index contributed by atoms with van der Waals surface area (Å²) < 4.78 is 0. The van der Waals surface area contributed by atoms with Crippen LogP contribution in [0, 0.1) is 0 Å². The molecule has 1 N–H and O–H groups in total. The van der Waals surface area contributed by atoms with Crippen LogP contribution in [0.2, 0.25) is 0 Å². The lowest BCUT2D eigenvalue weighted by Crippen LogP contribution is -2.33. The Morgan fingerprint density at radius 3 is 2.46 bits per heavy atom. The summed E-state index contributed by atoms with van der Waals surface area (Å²) in [6.45, 7) is 11.1. The van der Waals surface area contributed by atoms with Crippen molar-refractivity contribution in [3.05, 3.63) is 12.3 Å². The van der Waals surface area contributed by atoms with Gasteiger partial charge in [-0.25, -0.2) is 0 Å². The Morgan fingerprint density at radius 2 is 2.08 bits per heavy atom. The molecule has 0 aliphatic rings. The van der Waals surface area contributed by atoms with E-state index < -0.39 is 0 Å². The maximum atomic E-state index is 5.06. The number of likely N-dealkylation sites (N-methyl/N-ethyl adjacent to an activating group) is 1. The third-order valence-corrected chi connectivity index (χ3v) is 2.35. The molecule has 0 saturated carbocycles. The average molecular weight is 200 g/mol. The van der Waals surface area contributed by atoms with Gasteiger partial charge in [-0.15, -0.1) is 0 Å². The maximum absolute atomic E-state index is 5.06. The third kappa shape index (κ3) is 5.77. The quantitative estimate of drug-likeness (QED) is 0.685. The van der Waals surface area contributed by atoms with Gasteiger partial charge in [0.05, 0.1) is 4.99 Å². The molecule has 0 unspecified atom stereocenters. The second-order valence-electron chi connectivity index (χ2n) is 3.51. The van der Waals surface area contributed by atoms with Crippen LogP contribution < -0.4 is 5.32 Å². The first-order valence-corrected chi connectivity index (χ1v) is 5.06. The topological polar surface area (TPSA) is 15.3 Å². The zero-order valence-electron chi connectivity index (χ0n) is 9.05. The number of nitrogens with zero attached hydrogens (tertiary/aromatic N) is 1. The molecule has 0 saturated heterocycles. The summed E-state index contributed by atoms with van der Waals surface area (Å²) in [4.78, 5) is 3.08. The molecule has 0 radical (unpaired) electrons. The van der Waals surface area contributed by atoms with Gasteiger partial charge in [0.15, 0.2) is 0 Å². The maximum Gasteiger partial charge on any atom is 0.0792 e. The third-order valence-electron chi connectivity index (χ3n) is 1.96. The van der Waals surface area contributed by atoms with Crippen LogP contribution in [0.25, 0.3) is 0 Å². The molecule has 76 valence electrons. The summed E-state index contributed by atoms with van der Waals surface area (Å²) in [7, 11) is 2.08. The van der Waals surface area contributed by atoms with E-state index in [1.165, 1.54) is 0 Å². The zero-order valence-corrected chi connectivity index (χ0v) is 9.87. The standard InChI is InChI=1S/C10H20N2S/c1-6-10(13)11-9(4)7-12(5)8(2)3/h8H,4,6-7H2,1-3,5H3,(H,11,13). The second kappa shape index (κ2) is 6.11. The molecule has 0 aliphatic carbocycles. The largest absolute Gasteiger partial charge is 0.353 e. The summed E-state index contributed by atoms with van der Waals surface area (Å²) in [5, 5.41) is 3.11. The molecule has 3 heteroatoms. The Hall–Kier alpha value is -0.410. The molecule has 0 bridgehead atoms. The number of nitrogens with one attached hydrogen (secondary N) is 1. The van der Waals surface area contributed by atoms with E-state index in [9.17, 15) is 0 Å². The van der Waals surface area contributed by atoms with E-state index in [1.54, 1.807) is 0 Å². The summed E-state index contributed by atoms with van der Waals surface area (Å²) in [6, 6.07) is 0.536. The van der Waals surface area contributed by atoms with Crippen molar-refractivity contribution in [1.82, 2.24) is 10.2 Å². The smallest absolute Gasteiger partial charge is 0.0792 e. The van der Waals surface area contributed by atoms with Crippen LogP contribution in [-0.4, -0.2) is 29.5 Å². The minimum Gasteiger partial charge on any atom is -0.353 e. The summed E-state index contributed by atoms with van der Waals surface area (Å²) in [5.74, 6) is 0. The molecule has 0 atom stereocenters. The van der Waals surface area contributed by atoms with E-state index in [0.717, 1.165) is 23.7 Å². The molecule has 0 heterocycles. The molecule has 0 fully saturated rings. The first-order valence-electron chi connectivity index (χ1n) is 4.65. The van der Waals surface area contributed by atoms with Crippen LogP contribution in [0.5, 0.6) is 0 Å². The van der Waals surface area contributed by atoms with Crippen molar-refractivity contribution >= 4 is 17.2 Å². The summed E-state index contributed by atoms with van der Waals surface area (Å²) in [5.41, 5.74) is 0.975. The number of hydrogen-bond acceptors (Lipinski definition) is 2. The van der Waals surface area contributed by atoms with E-state index >= 15 is 0 Å². The van der Waals surface area contributed by atoms with Gasteiger partial charge in [-0.2, -0.15) is 0 Å². The van der Waals surface area contributed by atoms with Crippen molar-refractivity contribution in [3.63, 3.8) is 0 Å². The molecule has 0 amide bonds. The monoisotopic (exact) mass is 200 g/mol. The van der Waals surface area contributed by atoms with Crippen molar-refractivity contribution < 1.29 is 0 Å². The van der Waals surface area contributed by atoms with Crippen LogP contribution in [0.1, 0.15) is 27.2 Å².